The van der Waals surface area contributed by atoms with Gasteiger partial charge in [-0.25, -0.2) is 19.5 Å². The second kappa shape index (κ2) is 10.2. The van der Waals surface area contributed by atoms with Crippen LogP contribution in [0.4, 0.5) is 34.3 Å². The van der Waals surface area contributed by atoms with Crippen molar-refractivity contribution in [3.63, 3.8) is 0 Å². The molecule has 198 valence electrons. The van der Waals surface area contributed by atoms with Gasteiger partial charge in [-0.05, 0) is 86.3 Å². The van der Waals surface area contributed by atoms with Gasteiger partial charge in [0, 0.05) is 30.3 Å². The summed E-state index contributed by atoms with van der Waals surface area (Å²) in [5.74, 6) is -0.0484. The lowest BCUT2D eigenvalue weighted by Crippen LogP contribution is -2.47. The Bertz CT molecular complexity index is 1190. The number of anilines is 2. The van der Waals surface area contributed by atoms with E-state index in [4.69, 9.17) is 5.11 Å². The Hall–Kier alpha value is -3.32. The molecular formula is C24H26F3N5O4S. The summed E-state index contributed by atoms with van der Waals surface area (Å²) in [6.07, 6.45) is 2.89. The maximum absolute atomic E-state index is 13.3. The maximum Gasteiger partial charge on any atom is 0.446 e. The van der Waals surface area contributed by atoms with Crippen molar-refractivity contribution in [2.45, 2.75) is 55.2 Å². The third kappa shape index (κ3) is 5.99. The molecule has 1 aliphatic heterocycles. The molecule has 0 radical (unpaired) electrons. The average Bonchev–Trinajstić information content (AvgIpc) is 2.95. The number of hydrogen-bond donors (Lipinski definition) is 3. The predicted molar refractivity (Wildman–Crippen MR) is 131 cm³/mol. The number of nitrogens with one attached hydrogen (secondary N) is 2. The van der Waals surface area contributed by atoms with Crippen molar-refractivity contribution in [1.29, 1.82) is 0 Å². The first-order chi connectivity index (χ1) is 17.4. The number of aliphatic hydroxyl groups is 1. The van der Waals surface area contributed by atoms with Gasteiger partial charge < -0.3 is 15.3 Å². The molecule has 3 N–H and O–H groups in total. The quantitative estimate of drug-likeness (QED) is 0.358. The van der Waals surface area contributed by atoms with Crippen LogP contribution >= 0.6 is 11.8 Å². The van der Waals surface area contributed by atoms with E-state index in [1.54, 1.807) is 26.0 Å². The predicted octanol–water partition coefficient (Wildman–Crippen LogP) is 4.33. The van der Waals surface area contributed by atoms with Gasteiger partial charge in [0.05, 0.1) is 5.69 Å². The highest BCUT2D eigenvalue weighted by molar-refractivity contribution is 8.00. The molecule has 4 rings (SSSR count). The van der Waals surface area contributed by atoms with Gasteiger partial charge in [0.1, 0.15) is 11.4 Å². The number of benzene rings is 1. The number of carbonyl (C=O) groups excluding carboxylic acids is 3. The van der Waals surface area contributed by atoms with E-state index in [9.17, 15) is 27.6 Å². The van der Waals surface area contributed by atoms with Crippen LogP contribution in [0.15, 0.2) is 47.5 Å². The van der Waals surface area contributed by atoms with Crippen molar-refractivity contribution >= 4 is 41.2 Å². The first-order valence-electron chi connectivity index (χ1n) is 11.5. The maximum atomic E-state index is 13.3. The molecule has 0 bridgehead atoms. The largest absolute Gasteiger partial charge is 0.446 e. The van der Waals surface area contributed by atoms with Crippen LogP contribution < -0.4 is 15.5 Å². The van der Waals surface area contributed by atoms with Crippen LogP contribution in [0.1, 0.15) is 32.3 Å². The number of thioether (sulfide) groups is 1. The smallest absolute Gasteiger partial charge is 0.396 e. The second-order valence-electron chi connectivity index (χ2n) is 9.47. The Morgan fingerprint density at radius 1 is 1.19 bits per heavy atom. The van der Waals surface area contributed by atoms with Crippen molar-refractivity contribution in [2.24, 2.45) is 5.92 Å². The van der Waals surface area contributed by atoms with Crippen LogP contribution in [0.2, 0.25) is 0 Å². The van der Waals surface area contributed by atoms with E-state index in [1.807, 2.05) is 0 Å². The molecule has 0 unspecified atom stereocenters. The van der Waals surface area contributed by atoms with Crippen LogP contribution in [-0.4, -0.2) is 56.7 Å². The third-order valence-corrected chi connectivity index (χ3v) is 7.13. The summed E-state index contributed by atoms with van der Waals surface area (Å²) in [5, 5.41) is 14.5. The number of rotatable bonds is 7. The number of imide groups is 1. The average molecular weight is 538 g/mol. The number of halogens is 3. The third-order valence-electron chi connectivity index (χ3n) is 6.39. The van der Waals surface area contributed by atoms with E-state index in [2.05, 4.69) is 15.6 Å². The number of alkyl halides is 3. The van der Waals surface area contributed by atoms with Gasteiger partial charge in [0.15, 0.2) is 0 Å². The molecule has 1 aromatic carbocycles. The van der Waals surface area contributed by atoms with Crippen LogP contribution in [0.25, 0.3) is 0 Å². The molecule has 5 amide bonds. The monoisotopic (exact) mass is 537 g/mol. The van der Waals surface area contributed by atoms with Crippen LogP contribution in [0, 0.1) is 5.92 Å². The fourth-order valence-corrected chi connectivity index (χ4v) is 4.83. The zero-order chi connectivity index (χ0) is 27.0. The Morgan fingerprint density at radius 3 is 2.49 bits per heavy atom. The number of aliphatic hydroxyl groups excluding tert-OH is 1. The van der Waals surface area contributed by atoms with E-state index in [-0.39, 0.29) is 53.3 Å². The van der Waals surface area contributed by atoms with Gasteiger partial charge in [-0.3, -0.25) is 10.1 Å². The lowest BCUT2D eigenvalue weighted by molar-refractivity contribution is -0.123. The molecule has 1 saturated carbocycles. The standard InChI is InChI=1S/C24H26F3N5O4S/c1-23(2)20(34)32(17-3-5-18(6-4-17)37-24(25,26)27)22(36)31(23)12-14-7-8-28-19(11-14)30-21(35)29-16-9-15(10-16)13-33/h3-8,11,15-16,33H,9-10,12-13H2,1-2H3,(H2,28,29,30,35). The van der Waals surface area contributed by atoms with Crippen LogP contribution in [0.5, 0.6) is 0 Å². The summed E-state index contributed by atoms with van der Waals surface area (Å²) < 4.78 is 37.9. The zero-order valence-corrected chi connectivity index (χ0v) is 20.9. The fraction of sp³-hybridized carbons (Fsp3) is 0.417. The fourth-order valence-electron chi connectivity index (χ4n) is 4.29. The SMILES string of the molecule is CC1(C)C(=O)N(c2ccc(SC(F)(F)F)cc2)C(=O)N1Cc1ccnc(NC(=O)NC2CC(CO)C2)c1. The van der Waals surface area contributed by atoms with Crippen molar-refractivity contribution in [3.8, 4) is 0 Å². The molecule has 13 heteroatoms. The van der Waals surface area contributed by atoms with Crippen molar-refractivity contribution in [1.82, 2.24) is 15.2 Å². The molecule has 37 heavy (non-hydrogen) atoms. The second-order valence-corrected chi connectivity index (χ2v) is 10.6. The molecule has 2 heterocycles. The Labute approximate surface area is 215 Å². The zero-order valence-electron chi connectivity index (χ0n) is 20.1. The first-order valence-corrected chi connectivity index (χ1v) is 12.3. The Morgan fingerprint density at radius 2 is 1.86 bits per heavy atom. The van der Waals surface area contributed by atoms with E-state index in [0.29, 0.717) is 18.4 Å². The molecule has 1 saturated heterocycles. The van der Waals surface area contributed by atoms with E-state index in [1.165, 1.54) is 35.4 Å². The minimum absolute atomic E-state index is 0.0125. The van der Waals surface area contributed by atoms with Gasteiger partial charge >= 0.3 is 17.6 Å². The minimum Gasteiger partial charge on any atom is -0.396 e. The van der Waals surface area contributed by atoms with Gasteiger partial charge in [-0.15, -0.1) is 0 Å². The van der Waals surface area contributed by atoms with Gasteiger partial charge in [0.25, 0.3) is 5.91 Å². The molecule has 1 aromatic heterocycles. The normalized spacial score (nSPS) is 21.1. The van der Waals surface area contributed by atoms with Gasteiger partial charge in [-0.1, -0.05) is 0 Å². The van der Waals surface area contributed by atoms with Crippen molar-refractivity contribution in [2.75, 3.05) is 16.8 Å². The summed E-state index contributed by atoms with van der Waals surface area (Å²) >= 11 is -0.279. The van der Waals surface area contributed by atoms with E-state index in [0.717, 1.165) is 4.90 Å². The first kappa shape index (κ1) is 26.7. The number of amides is 5. The summed E-state index contributed by atoms with van der Waals surface area (Å²) in [6, 6.07) is 7.23. The number of carbonyl (C=O) groups is 3. The van der Waals surface area contributed by atoms with E-state index >= 15 is 0 Å². The van der Waals surface area contributed by atoms with E-state index < -0.39 is 29.0 Å². The number of pyridine rings is 1. The van der Waals surface area contributed by atoms with Gasteiger partial charge in [-0.2, -0.15) is 13.2 Å². The highest BCUT2D eigenvalue weighted by atomic mass is 32.2. The van der Waals surface area contributed by atoms with Gasteiger partial charge in [0.2, 0.25) is 0 Å². The molecular weight excluding hydrogens is 511 g/mol. The highest BCUT2D eigenvalue weighted by Crippen LogP contribution is 2.39. The van der Waals surface area contributed by atoms with Crippen molar-refractivity contribution < 1.29 is 32.7 Å². The summed E-state index contributed by atoms with van der Waals surface area (Å²) in [4.78, 5) is 45.0. The summed E-state index contributed by atoms with van der Waals surface area (Å²) in [6.45, 7) is 3.31. The van der Waals surface area contributed by atoms with Crippen LogP contribution in [0.3, 0.4) is 0 Å². The molecule has 2 fully saturated rings. The lowest BCUT2D eigenvalue weighted by Gasteiger charge is -2.34. The molecule has 2 aromatic rings. The van der Waals surface area contributed by atoms with Crippen molar-refractivity contribution in [3.05, 3.63) is 48.2 Å². The summed E-state index contributed by atoms with van der Waals surface area (Å²) in [7, 11) is 0. The molecule has 2 aliphatic rings. The highest BCUT2D eigenvalue weighted by Gasteiger charge is 2.51. The van der Waals surface area contributed by atoms with Crippen LogP contribution in [-0.2, 0) is 11.3 Å². The molecule has 9 nitrogen and oxygen atoms in total. The molecule has 0 spiro atoms. The topological polar surface area (TPSA) is 115 Å². The number of nitrogens with zero attached hydrogens (tertiary/aromatic N) is 3. The summed E-state index contributed by atoms with van der Waals surface area (Å²) in [5.41, 5.74) is -4.88. The number of aromatic nitrogens is 1. The Balaban J connectivity index is 1.44. The number of urea groups is 2. The molecule has 0 atom stereocenters. The Kier molecular flexibility index (Phi) is 7.38. The number of hydrogen-bond acceptors (Lipinski definition) is 6. The molecule has 1 aliphatic carbocycles. The lowest BCUT2D eigenvalue weighted by atomic mass is 9.81. The minimum atomic E-state index is -4.45.